The molecule has 7 heteroatoms. The third-order valence-electron chi connectivity index (χ3n) is 4.22. The molecule has 144 valence electrons. The fourth-order valence-electron chi connectivity index (χ4n) is 2.61. The lowest BCUT2D eigenvalue weighted by Gasteiger charge is -2.23. The van der Waals surface area contributed by atoms with Crippen molar-refractivity contribution in [1.29, 1.82) is 0 Å². The average Bonchev–Trinajstić information content (AvgIpc) is 3.49. The fourth-order valence-corrected chi connectivity index (χ4v) is 2.61. The standard InChI is InChI=1S/C19H30N4O3/c1-5-20-19(22-11-10-21-18(24)14-6-7-14)23(2)13-15-8-9-16(25-3)12-17(15)26-4/h8-9,12,14H,5-7,10-11,13H2,1-4H3,(H,20,22)(H,21,24). The van der Waals surface area contributed by atoms with Crippen LogP contribution in [0.4, 0.5) is 0 Å². The van der Waals surface area contributed by atoms with E-state index < -0.39 is 0 Å². The van der Waals surface area contributed by atoms with Gasteiger partial charge in [-0.15, -0.1) is 0 Å². The number of hydrogen-bond acceptors (Lipinski definition) is 4. The minimum absolute atomic E-state index is 0.154. The molecule has 1 fully saturated rings. The average molecular weight is 362 g/mol. The number of amides is 1. The first-order chi connectivity index (χ1) is 12.6. The van der Waals surface area contributed by atoms with Crippen molar-refractivity contribution in [2.75, 3.05) is 40.9 Å². The molecule has 0 spiro atoms. The number of guanidine groups is 1. The Bertz CT molecular complexity index is 629. The Labute approximate surface area is 155 Å². The molecular formula is C19H30N4O3. The smallest absolute Gasteiger partial charge is 0.223 e. The largest absolute Gasteiger partial charge is 0.497 e. The molecule has 1 aromatic carbocycles. The molecule has 2 N–H and O–H groups in total. The van der Waals surface area contributed by atoms with Gasteiger partial charge in [-0.25, -0.2) is 0 Å². The van der Waals surface area contributed by atoms with Gasteiger partial charge in [-0.2, -0.15) is 0 Å². The zero-order valence-electron chi connectivity index (χ0n) is 16.2. The molecule has 1 aromatic rings. The molecule has 0 bridgehead atoms. The maximum Gasteiger partial charge on any atom is 0.223 e. The third kappa shape index (κ3) is 5.82. The number of carbonyl (C=O) groups excluding carboxylic acids is 1. The van der Waals surface area contributed by atoms with Gasteiger partial charge in [-0.3, -0.25) is 9.79 Å². The summed E-state index contributed by atoms with van der Waals surface area (Å²) in [5, 5.41) is 6.22. The Hall–Kier alpha value is -2.44. The number of nitrogens with zero attached hydrogens (tertiary/aromatic N) is 2. The van der Waals surface area contributed by atoms with Crippen molar-refractivity contribution in [2.45, 2.75) is 26.3 Å². The molecule has 1 saturated carbocycles. The van der Waals surface area contributed by atoms with Crippen LogP contribution in [0.1, 0.15) is 25.3 Å². The normalized spacial score (nSPS) is 13.9. The number of methoxy groups -OCH3 is 2. The summed E-state index contributed by atoms with van der Waals surface area (Å²) in [6, 6.07) is 5.79. The van der Waals surface area contributed by atoms with Crippen LogP contribution in [0.3, 0.4) is 0 Å². The van der Waals surface area contributed by atoms with Crippen molar-refractivity contribution in [1.82, 2.24) is 15.5 Å². The Balaban J connectivity index is 1.94. The van der Waals surface area contributed by atoms with Crippen molar-refractivity contribution >= 4 is 11.9 Å². The second-order valence-corrected chi connectivity index (χ2v) is 6.33. The SMILES string of the molecule is CCNC(=NCCNC(=O)C1CC1)N(C)Cc1ccc(OC)cc1OC. The summed E-state index contributed by atoms with van der Waals surface area (Å²) in [5.74, 6) is 2.73. The highest BCUT2D eigenvalue weighted by Gasteiger charge is 2.28. The van der Waals surface area contributed by atoms with Crippen LogP contribution in [0.15, 0.2) is 23.2 Å². The van der Waals surface area contributed by atoms with E-state index in [9.17, 15) is 4.79 Å². The lowest BCUT2D eigenvalue weighted by Crippen LogP contribution is -2.39. The molecule has 26 heavy (non-hydrogen) atoms. The van der Waals surface area contributed by atoms with Crippen LogP contribution in [-0.4, -0.2) is 57.7 Å². The van der Waals surface area contributed by atoms with Crippen molar-refractivity contribution < 1.29 is 14.3 Å². The van der Waals surface area contributed by atoms with Crippen LogP contribution in [0.2, 0.25) is 0 Å². The van der Waals surface area contributed by atoms with Crippen molar-refractivity contribution in [3.05, 3.63) is 23.8 Å². The topological polar surface area (TPSA) is 75.2 Å². The summed E-state index contributed by atoms with van der Waals surface area (Å²) < 4.78 is 10.7. The predicted octanol–water partition coefficient (Wildman–Crippen LogP) is 1.63. The zero-order valence-corrected chi connectivity index (χ0v) is 16.2. The van der Waals surface area contributed by atoms with E-state index >= 15 is 0 Å². The van der Waals surface area contributed by atoms with Gasteiger partial charge in [0.05, 0.1) is 20.8 Å². The van der Waals surface area contributed by atoms with Gasteiger partial charge >= 0.3 is 0 Å². The quantitative estimate of drug-likeness (QED) is 0.397. The highest BCUT2D eigenvalue weighted by atomic mass is 16.5. The van der Waals surface area contributed by atoms with Gasteiger partial charge < -0.3 is 25.0 Å². The minimum Gasteiger partial charge on any atom is -0.497 e. The van der Waals surface area contributed by atoms with Crippen LogP contribution in [0.5, 0.6) is 11.5 Å². The summed E-state index contributed by atoms with van der Waals surface area (Å²) in [5.41, 5.74) is 1.04. The summed E-state index contributed by atoms with van der Waals surface area (Å²) in [4.78, 5) is 18.3. The van der Waals surface area contributed by atoms with E-state index in [0.29, 0.717) is 19.6 Å². The number of hydrogen-bond donors (Lipinski definition) is 2. The molecule has 0 radical (unpaired) electrons. The molecular weight excluding hydrogens is 332 g/mol. The number of benzene rings is 1. The summed E-state index contributed by atoms with van der Waals surface area (Å²) in [6.45, 7) is 4.56. The van der Waals surface area contributed by atoms with Gasteiger partial charge in [0.2, 0.25) is 5.91 Å². The Morgan fingerprint density at radius 3 is 2.65 bits per heavy atom. The molecule has 1 aliphatic carbocycles. The molecule has 0 heterocycles. The van der Waals surface area contributed by atoms with Crippen molar-refractivity contribution in [3.63, 3.8) is 0 Å². The Morgan fingerprint density at radius 2 is 2.04 bits per heavy atom. The molecule has 0 atom stereocenters. The summed E-state index contributed by atoms with van der Waals surface area (Å²) in [7, 11) is 5.27. The molecule has 7 nitrogen and oxygen atoms in total. The lowest BCUT2D eigenvalue weighted by molar-refractivity contribution is -0.122. The van der Waals surface area contributed by atoms with Gasteiger partial charge in [0.25, 0.3) is 0 Å². The van der Waals surface area contributed by atoms with Crippen molar-refractivity contribution in [3.8, 4) is 11.5 Å². The molecule has 2 rings (SSSR count). The van der Waals surface area contributed by atoms with Gasteiger partial charge in [-0.1, -0.05) is 0 Å². The predicted molar refractivity (Wildman–Crippen MR) is 103 cm³/mol. The van der Waals surface area contributed by atoms with E-state index in [2.05, 4.69) is 15.6 Å². The molecule has 0 unspecified atom stereocenters. The van der Waals surface area contributed by atoms with Crippen LogP contribution in [0.25, 0.3) is 0 Å². The van der Waals surface area contributed by atoms with Crippen LogP contribution < -0.4 is 20.1 Å². The first kappa shape index (κ1) is 19.9. The van der Waals surface area contributed by atoms with E-state index in [0.717, 1.165) is 42.4 Å². The van der Waals surface area contributed by atoms with E-state index in [1.54, 1.807) is 14.2 Å². The highest BCUT2D eigenvalue weighted by Crippen LogP contribution is 2.28. The number of ether oxygens (including phenoxy) is 2. The Morgan fingerprint density at radius 1 is 1.27 bits per heavy atom. The van der Waals surface area contributed by atoms with E-state index in [4.69, 9.17) is 9.47 Å². The monoisotopic (exact) mass is 362 g/mol. The van der Waals surface area contributed by atoms with Gasteiger partial charge in [0.15, 0.2) is 5.96 Å². The highest BCUT2D eigenvalue weighted by molar-refractivity contribution is 5.81. The van der Waals surface area contributed by atoms with Crippen molar-refractivity contribution in [2.24, 2.45) is 10.9 Å². The molecule has 0 saturated heterocycles. The van der Waals surface area contributed by atoms with Crippen LogP contribution in [0, 0.1) is 5.92 Å². The zero-order chi connectivity index (χ0) is 18.9. The van der Waals surface area contributed by atoms with E-state index in [-0.39, 0.29) is 11.8 Å². The van der Waals surface area contributed by atoms with Gasteiger partial charge in [0, 0.05) is 44.2 Å². The number of aliphatic imine (C=N–C) groups is 1. The molecule has 1 amide bonds. The molecule has 0 aromatic heterocycles. The lowest BCUT2D eigenvalue weighted by atomic mass is 10.2. The maximum atomic E-state index is 11.7. The maximum absolute atomic E-state index is 11.7. The fraction of sp³-hybridized carbons (Fsp3) is 0.579. The molecule has 1 aliphatic rings. The summed E-state index contributed by atoms with van der Waals surface area (Å²) in [6.07, 6.45) is 2.04. The minimum atomic E-state index is 0.154. The van der Waals surface area contributed by atoms with E-state index in [1.165, 1.54) is 0 Å². The number of carbonyl (C=O) groups is 1. The second-order valence-electron chi connectivity index (χ2n) is 6.33. The van der Waals surface area contributed by atoms with Gasteiger partial charge in [-0.05, 0) is 31.9 Å². The van der Waals surface area contributed by atoms with Crippen LogP contribution in [-0.2, 0) is 11.3 Å². The third-order valence-corrected chi connectivity index (χ3v) is 4.22. The first-order valence-electron chi connectivity index (χ1n) is 9.07. The van der Waals surface area contributed by atoms with E-state index in [1.807, 2.05) is 37.1 Å². The summed E-state index contributed by atoms with van der Waals surface area (Å²) >= 11 is 0. The molecule has 0 aliphatic heterocycles. The Kier molecular flexibility index (Phi) is 7.56. The van der Waals surface area contributed by atoms with Crippen LogP contribution >= 0.6 is 0 Å². The number of nitrogens with one attached hydrogen (secondary N) is 2. The second kappa shape index (κ2) is 9.89. The number of rotatable bonds is 9. The van der Waals surface area contributed by atoms with Gasteiger partial charge in [0.1, 0.15) is 11.5 Å². The first-order valence-corrected chi connectivity index (χ1v) is 9.07.